The summed E-state index contributed by atoms with van der Waals surface area (Å²) in [6, 6.07) is 1.98. The number of esters is 1. The van der Waals surface area contributed by atoms with Gasteiger partial charge in [0.2, 0.25) is 5.41 Å². The van der Waals surface area contributed by atoms with Gasteiger partial charge in [0.05, 0.1) is 6.07 Å². The van der Waals surface area contributed by atoms with Gasteiger partial charge in [-0.3, -0.25) is 0 Å². The van der Waals surface area contributed by atoms with E-state index < -0.39 is 11.4 Å². The van der Waals surface area contributed by atoms with Crippen molar-refractivity contribution >= 4 is 5.97 Å². The van der Waals surface area contributed by atoms with Gasteiger partial charge in [0.25, 0.3) is 0 Å². The molecular weight excluding hydrogens is 170 g/mol. The van der Waals surface area contributed by atoms with Crippen LogP contribution in [0.3, 0.4) is 0 Å². The number of nitriles is 1. The minimum Gasteiger partial charge on any atom is -0.459 e. The van der Waals surface area contributed by atoms with Gasteiger partial charge in [-0.25, -0.2) is 4.79 Å². The summed E-state index contributed by atoms with van der Waals surface area (Å²) in [4.78, 5) is 11.4. The van der Waals surface area contributed by atoms with Crippen molar-refractivity contribution in [1.82, 2.24) is 0 Å². The molecule has 1 unspecified atom stereocenters. The lowest BCUT2D eigenvalue weighted by atomic mass is 9.82. The normalized spacial score (nSPS) is 27.5. The Hall–Kier alpha value is -1.76. The molecule has 4 heteroatoms. The molecule has 4 nitrogen and oxygen atoms in total. The second kappa shape index (κ2) is 1.62. The van der Waals surface area contributed by atoms with Crippen LogP contribution in [0.2, 0.25) is 0 Å². The molecule has 0 N–H and O–H groups in total. The molecule has 0 aromatic carbocycles. The van der Waals surface area contributed by atoms with Crippen molar-refractivity contribution in [2.24, 2.45) is 0 Å². The molecule has 0 saturated carbocycles. The van der Waals surface area contributed by atoms with E-state index in [4.69, 9.17) is 14.4 Å². The Morgan fingerprint density at radius 1 is 1.62 bits per heavy atom. The van der Waals surface area contributed by atoms with E-state index in [0.717, 1.165) is 5.56 Å². The molecule has 0 aliphatic carbocycles. The predicted octanol–water partition coefficient (Wildman–Crippen LogP) is 0.824. The van der Waals surface area contributed by atoms with Crippen LogP contribution in [0.25, 0.3) is 0 Å². The van der Waals surface area contributed by atoms with E-state index in [2.05, 4.69) is 0 Å². The molecule has 0 spiro atoms. The van der Waals surface area contributed by atoms with Gasteiger partial charge in [0.1, 0.15) is 5.76 Å². The number of rotatable bonds is 0. The monoisotopic (exact) mass is 175 g/mol. The molecular formula is C9H5NO3. The van der Waals surface area contributed by atoms with Crippen molar-refractivity contribution in [3.63, 3.8) is 0 Å². The SMILES string of the molecule is Cc1c2oc3c1OC(=O)C3(C#N)C2. The second-order valence-electron chi connectivity index (χ2n) is 3.39. The van der Waals surface area contributed by atoms with E-state index in [1.807, 2.05) is 13.0 Å². The van der Waals surface area contributed by atoms with Gasteiger partial charge in [-0.2, -0.15) is 5.26 Å². The van der Waals surface area contributed by atoms with Crippen LogP contribution < -0.4 is 4.74 Å². The van der Waals surface area contributed by atoms with E-state index in [-0.39, 0.29) is 0 Å². The zero-order valence-electron chi connectivity index (χ0n) is 6.88. The number of ether oxygens (including phenoxy) is 1. The van der Waals surface area contributed by atoms with E-state index in [1.165, 1.54) is 0 Å². The lowest BCUT2D eigenvalue weighted by Crippen LogP contribution is -2.31. The topological polar surface area (TPSA) is 63.2 Å². The Morgan fingerprint density at radius 2 is 2.38 bits per heavy atom. The van der Waals surface area contributed by atoms with Crippen molar-refractivity contribution in [2.45, 2.75) is 18.8 Å². The highest BCUT2D eigenvalue weighted by Gasteiger charge is 2.59. The summed E-state index contributed by atoms with van der Waals surface area (Å²) in [7, 11) is 0. The molecule has 2 aliphatic heterocycles. The molecule has 0 fully saturated rings. The summed E-state index contributed by atoms with van der Waals surface area (Å²) < 4.78 is 10.3. The van der Waals surface area contributed by atoms with Crippen molar-refractivity contribution < 1.29 is 13.9 Å². The van der Waals surface area contributed by atoms with E-state index >= 15 is 0 Å². The lowest BCUT2D eigenvalue weighted by molar-refractivity contribution is -0.136. The molecule has 2 bridgehead atoms. The minimum atomic E-state index is -1.15. The molecule has 1 aromatic rings. The minimum absolute atomic E-state index is 0.340. The van der Waals surface area contributed by atoms with Gasteiger partial charge < -0.3 is 9.15 Å². The van der Waals surface area contributed by atoms with E-state index in [9.17, 15) is 4.79 Å². The zero-order valence-corrected chi connectivity index (χ0v) is 6.88. The van der Waals surface area contributed by atoms with Crippen molar-refractivity contribution in [3.8, 4) is 11.8 Å². The van der Waals surface area contributed by atoms with E-state index in [1.54, 1.807) is 0 Å². The maximum atomic E-state index is 11.4. The molecule has 1 atom stereocenters. The fourth-order valence-electron chi connectivity index (χ4n) is 1.92. The Balaban J connectivity index is 2.39. The summed E-state index contributed by atoms with van der Waals surface area (Å²) >= 11 is 0. The van der Waals surface area contributed by atoms with Crippen molar-refractivity contribution in [3.05, 3.63) is 17.1 Å². The number of carbonyl (C=O) groups excluding carboxylic acids is 1. The zero-order chi connectivity index (χ0) is 9.22. The molecule has 0 radical (unpaired) electrons. The maximum absolute atomic E-state index is 11.4. The first-order valence-electron chi connectivity index (χ1n) is 3.95. The molecule has 0 saturated heterocycles. The number of hydrogen-bond donors (Lipinski definition) is 0. The van der Waals surface area contributed by atoms with Crippen LogP contribution in [0.1, 0.15) is 17.1 Å². The van der Waals surface area contributed by atoms with E-state index in [0.29, 0.717) is 23.7 Å². The molecule has 1 aromatic heterocycles. The molecule has 0 amide bonds. The van der Waals surface area contributed by atoms with Gasteiger partial charge in [-0.1, -0.05) is 0 Å². The second-order valence-corrected chi connectivity index (χ2v) is 3.39. The van der Waals surface area contributed by atoms with Crippen LogP contribution in [0.4, 0.5) is 0 Å². The molecule has 3 heterocycles. The summed E-state index contributed by atoms with van der Waals surface area (Å²) in [5.74, 6) is 1.09. The van der Waals surface area contributed by atoms with Gasteiger partial charge >= 0.3 is 5.97 Å². The quantitative estimate of drug-likeness (QED) is 0.547. The van der Waals surface area contributed by atoms with Gasteiger partial charge in [0.15, 0.2) is 11.5 Å². The average Bonchev–Trinajstić information content (AvgIpc) is 2.68. The number of hydrogen-bond acceptors (Lipinski definition) is 4. The van der Waals surface area contributed by atoms with Gasteiger partial charge in [0, 0.05) is 12.0 Å². The third kappa shape index (κ3) is 0.475. The fourth-order valence-corrected chi connectivity index (χ4v) is 1.92. The third-order valence-electron chi connectivity index (χ3n) is 2.74. The first kappa shape index (κ1) is 6.72. The summed E-state index contributed by atoms with van der Waals surface area (Å²) in [6.07, 6.45) is 0.340. The summed E-state index contributed by atoms with van der Waals surface area (Å²) in [5, 5.41) is 8.93. The van der Waals surface area contributed by atoms with Crippen LogP contribution in [0.15, 0.2) is 4.42 Å². The largest absolute Gasteiger partial charge is 0.459 e. The van der Waals surface area contributed by atoms with Gasteiger partial charge in [-0.15, -0.1) is 0 Å². The van der Waals surface area contributed by atoms with Crippen LogP contribution in [-0.4, -0.2) is 5.97 Å². The molecule has 64 valence electrons. The number of furan rings is 1. The summed E-state index contributed by atoms with van der Waals surface area (Å²) in [6.45, 7) is 1.83. The third-order valence-corrected chi connectivity index (χ3v) is 2.74. The fraction of sp³-hybridized carbons (Fsp3) is 0.333. The van der Waals surface area contributed by atoms with Crippen LogP contribution >= 0.6 is 0 Å². The highest BCUT2D eigenvalue weighted by molar-refractivity contribution is 5.95. The number of nitrogens with zero attached hydrogens (tertiary/aromatic N) is 1. The Labute approximate surface area is 73.7 Å². The smallest absolute Gasteiger partial charge is 0.340 e. The van der Waals surface area contributed by atoms with Crippen molar-refractivity contribution in [2.75, 3.05) is 0 Å². The molecule has 13 heavy (non-hydrogen) atoms. The predicted molar refractivity (Wildman–Crippen MR) is 40.1 cm³/mol. The Bertz CT molecular complexity index is 480. The highest BCUT2D eigenvalue weighted by atomic mass is 16.6. The van der Waals surface area contributed by atoms with Gasteiger partial charge in [-0.05, 0) is 6.92 Å². The van der Waals surface area contributed by atoms with Crippen molar-refractivity contribution in [1.29, 1.82) is 5.26 Å². The lowest BCUT2D eigenvalue weighted by Gasteiger charge is -2.06. The Kier molecular flexibility index (Phi) is 0.837. The highest BCUT2D eigenvalue weighted by Crippen LogP contribution is 2.52. The first-order chi connectivity index (χ1) is 6.19. The maximum Gasteiger partial charge on any atom is 0.340 e. The standard InChI is InChI=1S/C9H5NO3/c1-4-5-2-9(3-10)7(12-5)6(4)13-8(9)11/h2H2,1H3. The molecule has 2 aliphatic rings. The molecule has 3 rings (SSSR count). The number of carbonyl (C=O) groups is 1. The summed E-state index contributed by atoms with van der Waals surface area (Å²) in [5.41, 5.74) is -0.295. The Morgan fingerprint density at radius 3 is 3.00 bits per heavy atom. The van der Waals surface area contributed by atoms with Crippen LogP contribution in [-0.2, 0) is 16.6 Å². The average molecular weight is 175 g/mol. The van der Waals surface area contributed by atoms with Crippen LogP contribution in [0, 0.1) is 18.3 Å². The first-order valence-corrected chi connectivity index (χ1v) is 3.95. The number of fused-ring (bicyclic) bond motifs is 1. The van der Waals surface area contributed by atoms with Crippen LogP contribution in [0.5, 0.6) is 5.75 Å².